The Hall–Kier alpha value is -2.90. The maximum Gasteiger partial charge on any atom is 0.313 e. The monoisotopic (exact) mass is 442 g/mol. The van der Waals surface area contributed by atoms with Gasteiger partial charge in [-0.05, 0) is 56.8 Å². The number of benzene rings is 2. The van der Waals surface area contributed by atoms with E-state index in [0.29, 0.717) is 23.7 Å². The Bertz CT molecular complexity index is 993. The molecule has 31 heavy (non-hydrogen) atoms. The number of hydrogen-bond donors (Lipinski definition) is 2. The molecule has 0 bridgehead atoms. The molecule has 1 heterocycles. The van der Waals surface area contributed by atoms with E-state index < -0.39 is 11.8 Å². The second-order valence-corrected chi connectivity index (χ2v) is 8.22. The first-order chi connectivity index (χ1) is 14.8. The second kappa shape index (κ2) is 9.94. The van der Waals surface area contributed by atoms with Gasteiger partial charge in [0.15, 0.2) is 0 Å². The molecule has 0 spiro atoms. The molecule has 8 heteroatoms. The quantitative estimate of drug-likeness (QED) is 0.673. The van der Waals surface area contributed by atoms with Crippen LogP contribution in [-0.4, -0.2) is 49.8 Å². The third-order valence-electron chi connectivity index (χ3n) is 5.38. The minimum Gasteiger partial charge on any atom is -0.346 e. The summed E-state index contributed by atoms with van der Waals surface area (Å²) < 4.78 is 0. The summed E-state index contributed by atoms with van der Waals surface area (Å²) in [7, 11) is 3.77. The highest BCUT2D eigenvalue weighted by atomic mass is 35.5. The molecule has 2 aromatic carbocycles. The molecule has 0 radical (unpaired) electrons. The van der Waals surface area contributed by atoms with Crippen LogP contribution in [0.4, 0.5) is 11.4 Å². The number of aryl methyl sites for hydroxylation is 1. The summed E-state index contributed by atoms with van der Waals surface area (Å²) in [5, 5.41) is 5.91. The van der Waals surface area contributed by atoms with Crippen molar-refractivity contribution < 1.29 is 14.4 Å². The Kier molecular flexibility index (Phi) is 7.30. The van der Waals surface area contributed by atoms with Crippen molar-refractivity contribution in [1.29, 1.82) is 0 Å². The molecule has 0 aliphatic carbocycles. The number of amides is 3. The zero-order valence-corrected chi connectivity index (χ0v) is 18.7. The van der Waals surface area contributed by atoms with E-state index >= 15 is 0 Å². The summed E-state index contributed by atoms with van der Waals surface area (Å²) >= 11 is 6.29. The number of nitrogens with one attached hydrogen (secondary N) is 2. The minimum absolute atomic E-state index is 0.0682. The van der Waals surface area contributed by atoms with Crippen LogP contribution in [0.5, 0.6) is 0 Å². The number of rotatable bonds is 6. The fourth-order valence-corrected chi connectivity index (χ4v) is 3.92. The van der Waals surface area contributed by atoms with Crippen molar-refractivity contribution in [3.63, 3.8) is 0 Å². The van der Waals surface area contributed by atoms with E-state index in [1.165, 1.54) is 0 Å². The van der Waals surface area contributed by atoms with Gasteiger partial charge in [-0.2, -0.15) is 0 Å². The lowest BCUT2D eigenvalue weighted by atomic mass is 10.1. The van der Waals surface area contributed by atoms with Crippen LogP contribution in [0.25, 0.3) is 0 Å². The first-order valence-corrected chi connectivity index (χ1v) is 10.6. The van der Waals surface area contributed by atoms with Crippen LogP contribution >= 0.6 is 11.6 Å². The molecule has 0 saturated carbocycles. The topological polar surface area (TPSA) is 81.8 Å². The first-order valence-electron chi connectivity index (χ1n) is 10.2. The van der Waals surface area contributed by atoms with Crippen LogP contribution in [0.2, 0.25) is 5.02 Å². The van der Waals surface area contributed by atoms with Crippen LogP contribution in [0.3, 0.4) is 0 Å². The summed E-state index contributed by atoms with van der Waals surface area (Å²) in [6.07, 6.45) is 1.34. The largest absolute Gasteiger partial charge is 0.346 e. The molecule has 0 aromatic heterocycles. The fraction of sp³-hybridized carbons (Fsp3) is 0.348. The third-order valence-corrected chi connectivity index (χ3v) is 5.73. The van der Waals surface area contributed by atoms with Gasteiger partial charge in [-0.1, -0.05) is 35.9 Å². The highest BCUT2D eigenvalue weighted by molar-refractivity contribution is 6.39. The maximum atomic E-state index is 12.4. The summed E-state index contributed by atoms with van der Waals surface area (Å²) in [5.41, 5.74) is 3.03. The van der Waals surface area contributed by atoms with E-state index in [0.717, 1.165) is 23.2 Å². The summed E-state index contributed by atoms with van der Waals surface area (Å²) in [6, 6.07) is 12.5. The zero-order valence-electron chi connectivity index (χ0n) is 17.9. The highest BCUT2D eigenvalue weighted by Crippen LogP contribution is 2.28. The molecular weight excluding hydrogens is 416 g/mol. The van der Waals surface area contributed by atoms with Gasteiger partial charge in [-0.3, -0.25) is 14.4 Å². The van der Waals surface area contributed by atoms with Gasteiger partial charge in [-0.15, -0.1) is 0 Å². The van der Waals surface area contributed by atoms with Crippen molar-refractivity contribution in [3.05, 3.63) is 58.6 Å². The van der Waals surface area contributed by atoms with E-state index in [-0.39, 0.29) is 18.5 Å². The summed E-state index contributed by atoms with van der Waals surface area (Å²) in [5.74, 6) is -1.43. The number of anilines is 2. The van der Waals surface area contributed by atoms with Crippen LogP contribution in [0.15, 0.2) is 42.5 Å². The molecule has 2 N–H and O–H groups in total. The van der Waals surface area contributed by atoms with Gasteiger partial charge < -0.3 is 20.4 Å². The van der Waals surface area contributed by atoms with Gasteiger partial charge in [0.25, 0.3) is 0 Å². The Morgan fingerprint density at radius 3 is 2.55 bits per heavy atom. The SMILES string of the molecule is Cc1ccc(NC(=O)C(=O)NCC(c2ccccc2Cl)N(C)C)cc1N1CCCC1=O. The lowest BCUT2D eigenvalue weighted by Gasteiger charge is -2.25. The van der Waals surface area contributed by atoms with Gasteiger partial charge in [0, 0.05) is 35.9 Å². The molecule has 1 fully saturated rings. The predicted molar refractivity (Wildman–Crippen MR) is 122 cm³/mol. The molecule has 1 aliphatic rings. The van der Waals surface area contributed by atoms with Crippen molar-refractivity contribution in [2.75, 3.05) is 37.4 Å². The van der Waals surface area contributed by atoms with Gasteiger partial charge in [0.05, 0.1) is 6.04 Å². The normalized spacial score (nSPS) is 14.6. The van der Waals surface area contributed by atoms with Gasteiger partial charge >= 0.3 is 11.8 Å². The number of nitrogens with zero attached hydrogens (tertiary/aromatic N) is 2. The van der Waals surface area contributed by atoms with Gasteiger partial charge in [0.2, 0.25) is 5.91 Å². The molecule has 1 unspecified atom stereocenters. The summed E-state index contributed by atoms with van der Waals surface area (Å²) in [6.45, 7) is 2.80. The lowest BCUT2D eigenvalue weighted by Crippen LogP contribution is -2.40. The molecule has 3 rings (SSSR count). The van der Waals surface area contributed by atoms with Gasteiger partial charge in [-0.25, -0.2) is 0 Å². The Balaban J connectivity index is 1.65. The molecule has 164 valence electrons. The van der Waals surface area contributed by atoms with Crippen molar-refractivity contribution in [2.45, 2.75) is 25.8 Å². The smallest absolute Gasteiger partial charge is 0.313 e. The molecular formula is C23H27ClN4O3. The Morgan fingerprint density at radius 1 is 1.16 bits per heavy atom. The van der Waals surface area contributed by atoms with E-state index in [4.69, 9.17) is 11.6 Å². The van der Waals surface area contributed by atoms with E-state index in [9.17, 15) is 14.4 Å². The van der Waals surface area contributed by atoms with Crippen molar-refractivity contribution in [1.82, 2.24) is 10.2 Å². The van der Waals surface area contributed by atoms with Crippen LogP contribution < -0.4 is 15.5 Å². The van der Waals surface area contributed by atoms with Crippen molar-refractivity contribution in [2.24, 2.45) is 0 Å². The number of likely N-dealkylation sites (N-methyl/N-ethyl adjacent to an activating group) is 1. The number of hydrogen-bond acceptors (Lipinski definition) is 4. The highest BCUT2D eigenvalue weighted by Gasteiger charge is 2.24. The molecule has 7 nitrogen and oxygen atoms in total. The van der Waals surface area contributed by atoms with E-state index in [2.05, 4.69) is 10.6 Å². The molecule has 2 aromatic rings. The van der Waals surface area contributed by atoms with E-state index in [1.807, 2.05) is 50.2 Å². The second-order valence-electron chi connectivity index (χ2n) is 7.82. The van der Waals surface area contributed by atoms with Crippen LogP contribution in [0, 0.1) is 6.92 Å². The van der Waals surface area contributed by atoms with Crippen molar-refractivity contribution in [3.8, 4) is 0 Å². The summed E-state index contributed by atoms with van der Waals surface area (Å²) in [4.78, 5) is 40.6. The molecule has 1 atom stereocenters. The lowest BCUT2D eigenvalue weighted by molar-refractivity contribution is -0.136. The van der Waals surface area contributed by atoms with E-state index in [1.54, 1.807) is 23.1 Å². The fourth-order valence-electron chi connectivity index (χ4n) is 3.65. The minimum atomic E-state index is -0.765. The molecule has 1 aliphatic heterocycles. The van der Waals surface area contributed by atoms with Crippen molar-refractivity contribution >= 4 is 40.7 Å². The standard InChI is InChI=1S/C23H27ClN4O3/c1-15-10-11-16(13-19(15)28-12-6-9-21(28)29)26-23(31)22(30)25-14-20(27(2)3)17-7-4-5-8-18(17)24/h4-5,7-8,10-11,13,20H,6,9,12,14H2,1-3H3,(H,25,30)(H,26,31). The zero-order chi connectivity index (χ0) is 22.5. The Morgan fingerprint density at radius 2 is 1.90 bits per heavy atom. The number of carbonyl (C=O) groups excluding carboxylic acids is 3. The predicted octanol–water partition coefficient (Wildman–Crippen LogP) is 3.13. The van der Waals surface area contributed by atoms with Gasteiger partial charge in [0.1, 0.15) is 0 Å². The number of carbonyl (C=O) groups is 3. The third kappa shape index (κ3) is 5.42. The average molecular weight is 443 g/mol. The first kappa shape index (κ1) is 22.8. The van der Waals surface area contributed by atoms with Crippen LogP contribution in [-0.2, 0) is 14.4 Å². The Labute approximate surface area is 187 Å². The average Bonchev–Trinajstić information content (AvgIpc) is 3.16. The molecule has 3 amide bonds. The molecule has 1 saturated heterocycles. The maximum absolute atomic E-state index is 12.4. The number of halogens is 1. The van der Waals surface area contributed by atoms with Crippen LogP contribution in [0.1, 0.15) is 30.0 Å².